The van der Waals surface area contributed by atoms with E-state index in [2.05, 4.69) is 53.9 Å². The molecule has 0 bridgehead atoms. The van der Waals surface area contributed by atoms with E-state index in [1.165, 1.54) is 12.0 Å². The van der Waals surface area contributed by atoms with Crippen molar-refractivity contribution in [3.63, 3.8) is 0 Å². The molecule has 1 unspecified atom stereocenters. The fourth-order valence-corrected chi connectivity index (χ4v) is 3.03. The van der Waals surface area contributed by atoms with Gasteiger partial charge in [-0.1, -0.05) is 20.8 Å². The molecule has 1 atom stereocenters. The van der Waals surface area contributed by atoms with Crippen LogP contribution in [-0.4, -0.2) is 34.5 Å². The molecule has 0 aromatic carbocycles. The Bertz CT molecular complexity index is 674. The van der Waals surface area contributed by atoms with Crippen molar-refractivity contribution in [2.75, 3.05) is 25.0 Å². The maximum atomic E-state index is 5.91. The van der Waals surface area contributed by atoms with E-state index < -0.39 is 0 Å². The molecule has 5 nitrogen and oxygen atoms in total. The van der Waals surface area contributed by atoms with Crippen LogP contribution in [0.25, 0.3) is 0 Å². The van der Waals surface area contributed by atoms with E-state index in [0.717, 1.165) is 43.6 Å². The third-order valence-electron chi connectivity index (χ3n) is 4.51. The van der Waals surface area contributed by atoms with Crippen LogP contribution < -0.4 is 5.32 Å². The fraction of sp³-hybridized carbons (Fsp3) is 0.579. The number of pyridine rings is 1. The van der Waals surface area contributed by atoms with Crippen LogP contribution in [0, 0.1) is 12.8 Å². The highest BCUT2D eigenvalue weighted by molar-refractivity contribution is 5.36. The third-order valence-corrected chi connectivity index (χ3v) is 4.51. The minimum Gasteiger partial charge on any atom is -0.444 e. The molecule has 3 rings (SSSR count). The number of aromatic nitrogens is 2. The minimum absolute atomic E-state index is 0.0174. The van der Waals surface area contributed by atoms with Gasteiger partial charge in [-0.25, -0.2) is 9.97 Å². The van der Waals surface area contributed by atoms with E-state index in [4.69, 9.17) is 4.42 Å². The molecule has 24 heavy (non-hydrogen) atoms. The minimum atomic E-state index is 0.0174. The lowest BCUT2D eigenvalue weighted by Gasteiger charge is -2.16. The predicted octanol–water partition coefficient (Wildman–Crippen LogP) is 3.61. The van der Waals surface area contributed by atoms with E-state index in [1.54, 1.807) is 0 Å². The highest BCUT2D eigenvalue weighted by atomic mass is 16.4. The maximum absolute atomic E-state index is 5.91. The number of nitrogens with one attached hydrogen (secondary N) is 1. The molecule has 0 saturated carbocycles. The summed E-state index contributed by atoms with van der Waals surface area (Å²) in [6.45, 7) is 12.5. The van der Waals surface area contributed by atoms with E-state index in [0.29, 0.717) is 5.92 Å². The number of oxazole rings is 1. The van der Waals surface area contributed by atoms with Crippen LogP contribution in [0.4, 0.5) is 5.82 Å². The van der Waals surface area contributed by atoms with Gasteiger partial charge in [0.2, 0.25) is 5.89 Å². The van der Waals surface area contributed by atoms with Crippen molar-refractivity contribution in [3.05, 3.63) is 41.7 Å². The van der Waals surface area contributed by atoms with Gasteiger partial charge in [0, 0.05) is 24.7 Å². The van der Waals surface area contributed by atoms with Crippen molar-refractivity contribution in [2.45, 2.75) is 46.1 Å². The Labute approximate surface area is 144 Å². The Morgan fingerprint density at radius 2 is 2.17 bits per heavy atom. The SMILES string of the molecule is Cc1ccnc(NCC2CCN(Cc3ncc(C(C)(C)C)o3)C2)c1. The molecule has 1 aliphatic rings. The van der Waals surface area contributed by atoms with Crippen LogP contribution in [0.5, 0.6) is 0 Å². The third kappa shape index (κ3) is 4.35. The molecular formula is C19H28N4O. The smallest absolute Gasteiger partial charge is 0.208 e. The van der Waals surface area contributed by atoms with Crippen molar-refractivity contribution >= 4 is 5.82 Å². The van der Waals surface area contributed by atoms with Crippen molar-refractivity contribution in [1.29, 1.82) is 0 Å². The van der Waals surface area contributed by atoms with Gasteiger partial charge < -0.3 is 9.73 Å². The molecule has 0 aliphatic carbocycles. The van der Waals surface area contributed by atoms with Crippen LogP contribution in [0.15, 0.2) is 28.9 Å². The average molecular weight is 328 g/mol. The van der Waals surface area contributed by atoms with Gasteiger partial charge in [-0.3, -0.25) is 4.90 Å². The number of anilines is 1. The Balaban J connectivity index is 1.48. The zero-order valence-corrected chi connectivity index (χ0v) is 15.2. The van der Waals surface area contributed by atoms with E-state index >= 15 is 0 Å². The molecule has 5 heteroatoms. The Morgan fingerprint density at radius 1 is 1.33 bits per heavy atom. The van der Waals surface area contributed by atoms with Crippen LogP contribution in [0.3, 0.4) is 0 Å². The van der Waals surface area contributed by atoms with Crippen LogP contribution in [0.2, 0.25) is 0 Å². The van der Waals surface area contributed by atoms with Gasteiger partial charge in [-0.2, -0.15) is 0 Å². The summed E-state index contributed by atoms with van der Waals surface area (Å²) in [4.78, 5) is 11.2. The van der Waals surface area contributed by atoms with Gasteiger partial charge in [0.15, 0.2) is 0 Å². The Morgan fingerprint density at radius 3 is 2.88 bits per heavy atom. The molecule has 0 spiro atoms. The Hall–Kier alpha value is -1.88. The lowest BCUT2D eigenvalue weighted by molar-refractivity contribution is 0.270. The van der Waals surface area contributed by atoms with Gasteiger partial charge in [0.1, 0.15) is 11.6 Å². The molecular weight excluding hydrogens is 300 g/mol. The van der Waals surface area contributed by atoms with Gasteiger partial charge >= 0.3 is 0 Å². The summed E-state index contributed by atoms with van der Waals surface area (Å²) < 4.78 is 5.91. The van der Waals surface area contributed by atoms with Crippen molar-refractivity contribution in [3.8, 4) is 0 Å². The highest BCUT2D eigenvalue weighted by Crippen LogP contribution is 2.24. The topological polar surface area (TPSA) is 54.2 Å². The predicted molar refractivity (Wildman–Crippen MR) is 96.1 cm³/mol. The van der Waals surface area contributed by atoms with Gasteiger partial charge in [-0.15, -0.1) is 0 Å². The summed E-state index contributed by atoms with van der Waals surface area (Å²) >= 11 is 0. The quantitative estimate of drug-likeness (QED) is 0.908. The molecule has 1 N–H and O–H groups in total. The summed E-state index contributed by atoms with van der Waals surface area (Å²) in [5.41, 5.74) is 1.25. The van der Waals surface area contributed by atoms with E-state index in [1.807, 2.05) is 18.5 Å². The average Bonchev–Trinajstić information content (AvgIpc) is 3.15. The molecule has 0 radical (unpaired) electrons. The zero-order valence-electron chi connectivity index (χ0n) is 15.2. The molecule has 2 aromatic heterocycles. The number of hydrogen-bond acceptors (Lipinski definition) is 5. The van der Waals surface area contributed by atoms with Gasteiger partial charge in [0.05, 0.1) is 12.7 Å². The van der Waals surface area contributed by atoms with Crippen molar-refractivity contribution in [1.82, 2.24) is 14.9 Å². The summed E-state index contributed by atoms with van der Waals surface area (Å²) in [7, 11) is 0. The first-order chi connectivity index (χ1) is 11.4. The summed E-state index contributed by atoms with van der Waals surface area (Å²) in [5, 5.41) is 3.46. The highest BCUT2D eigenvalue weighted by Gasteiger charge is 2.25. The molecule has 1 saturated heterocycles. The molecule has 1 aliphatic heterocycles. The fourth-order valence-electron chi connectivity index (χ4n) is 3.03. The maximum Gasteiger partial charge on any atom is 0.208 e. The number of nitrogens with zero attached hydrogens (tertiary/aromatic N) is 3. The van der Waals surface area contributed by atoms with Crippen LogP contribution in [-0.2, 0) is 12.0 Å². The second-order valence-electron chi connectivity index (χ2n) is 7.86. The van der Waals surface area contributed by atoms with E-state index in [9.17, 15) is 0 Å². The normalized spacial score (nSPS) is 18.9. The summed E-state index contributed by atoms with van der Waals surface area (Å²) in [6, 6.07) is 4.11. The monoisotopic (exact) mass is 328 g/mol. The van der Waals surface area contributed by atoms with Crippen LogP contribution >= 0.6 is 0 Å². The number of hydrogen-bond donors (Lipinski definition) is 1. The molecule has 2 aromatic rings. The van der Waals surface area contributed by atoms with Crippen molar-refractivity contribution < 1.29 is 4.42 Å². The summed E-state index contributed by atoms with van der Waals surface area (Å²) in [5.74, 6) is 3.40. The number of aryl methyl sites for hydroxylation is 1. The van der Waals surface area contributed by atoms with Crippen LogP contribution in [0.1, 0.15) is 44.4 Å². The second-order valence-corrected chi connectivity index (χ2v) is 7.86. The second kappa shape index (κ2) is 6.93. The first kappa shape index (κ1) is 17.0. The molecule has 3 heterocycles. The standard InChI is InChI=1S/C19H28N4O/c1-14-5-7-20-17(9-14)21-10-15-6-8-23(12-15)13-18-22-11-16(24-18)19(2,3)4/h5,7,9,11,15H,6,8,10,12-13H2,1-4H3,(H,20,21). The van der Waals surface area contributed by atoms with E-state index in [-0.39, 0.29) is 5.41 Å². The van der Waals surface area contributed by atoms with Gasteiger partial charge in [0.25, 0.3) is 0 Å². The lowest BCUT2D eigenvalue weighted by Crippen LogP contribution is -2.23. The Kier molecular flexibility index (Phi) is 4.90. The first-order valence-corrected chi connectivity index (χ1v) is 8.74. The van der Waals surface area contributed by atoms with Gasteiger partial charge in [-0.05, 0) is 43.5 Å². The molecule has 130 valence electrons. The largest absolute Gasteiger partial charge is 0.444 e. The zero-order chi connectivity index (χ0) is 17.2. The number of likely N-dealkylation sites (tertiary alicyclic amines) is 1. The first-order valence-electron chi connectivity index (χ1n) is 8.74. The number of rotatable bonds is 5. The lowest BCUT2D eigenvalue weighted by atomic mass is 9.94. The summed E-state index contributed by atoms with van der Waals surface area (Å²) in [6.07, 6.45) is 4.92. The molecule has 1 fully saturated rings. The van der Waals surface area contributed by atoms with Crippen molar-refractivity contribution in [2.24, 2.45) is 5.92 Å². The molecule has 0 amide bonds.